The molecule has 3 N–H and O–H groups in total. The smallest absolute Gasteiger partial charge is 0.241 e. The largest absolute Gasteiger partial charge is 0.312 e. The Morgan fingerprint density at radius 2 is 2.24 bits per heavy atom. The average Bonchev–Trinajstić information content (AvgIpc) is 3.06. The van der Waals surface area contributed by atoms with E-state index in [2.05, 4.69) is 25.2 Å². The van der Waals surface area contributed by atoms with E-state index < -0.39 is 10.0 Å². The van der Waals surface area contributed by atoms with Crippen molar-refractivity contribution < 1.29 is 8.42 Å². The van der Waals surface area contributed by atoms with Crippen molar-refractivity contribution in [3.63, 3.8) is 0 Å². The molecule has 2 rings (SSSR count). The van der Waals surface area contributed by atoms with E-state index in [4.69, 9.17) is 0 Å². The van der Waals surface area contributed by atoms with Crippen LogP contribution < -0.4 is 10.0 Å². The quantitative estimate of drug-likeness (QED) is 0.665. The van der Waals surface area contributed by atoms with Crippen LogP contribution in [0.1, 0.15) is 23.2 Å². The number of aromatic amines is 1. The summed E-state index contributed by atoms with van der Waals surface area (Å²) in [5.41, 5.74) is 0.778. The average molecular weight is 329 g/mol. The Morgan fingerprint density at radius 3 is 2.90 bits per heavy atom. The molecule has 116 valence electrons. The van der Waals surface area contributed by atoms with Gasteiger partial charge in [-0.1, -0.05) is 6.92 Å². The van der Waals surface area contributed by atoms with Crippen LogP contribution in [0.2, 0.25) is 0 Å². The third-order valence-corrected chi connectivity index (χ3v) is 5.84. The summed E-state index contributed by atoms with van der Waals surface area (Å²) in [6.07, 6.45) is 1.88. The number of hydrogen-bond acceptors (Lipinski definition) is 6. The van der Waals surface area contributed by atoms with Gasteiger partial charge in [0.05, 0.1) is 0 Å². The Bertz CT molecular complexity index is 664. The van der Waals surface area contributed by atoms with Crippen LogP contribution in [-0.4, -0.2) is 36.7 Å². The van der Waals surface area contributed by atoms with E-state index in [9.17, 15) is 8.42 Å². The molecule has 0 amide bonds. The maximum absolute atomic E-state index is 12.4. The molecule has 0 fully saturated rings. The standard InChI is InChI=1S/C12H19N5O2S2/c1-3-13-6-10-12(9(2)7-20-10)21(18,19)16-5-4-11-14-8-15-17-11/h7-8,13,16H,3-6H2,1-2H3,(H,14,15,17). The Kier molecular flexibility index (Phi) is 5.45. The van der Waals surface area contributed by atoms with Gasteiger partial charge in [-0.25, -0.2) is 18.1 Å². The maximum atomic E-state index is 12.4. The fraction of sp³-hybridized carbons (Fsp3) is 0.500. The number of rotatable bonds is 8. The molecule has 2 heterocycles. The third-order valence-electron chi connectivity index (χ3n) is 2.91. The molecular formula is C12H19N5O2S2. The molecule has 0 aliphatic heterocycles. The Labute approximate surface area is 128 Å². The van der Waals surface area contributed by atoms with Crippen molar-refractivity contribution in [3.8, 4) is 0 Å². The molecule has 0 saturated carbocycles. The van der Waals surface area contributed by atoms with Gasteiger partial charge in [0, 0.05) is 24.4 Å². The molecule has 21 heavy (non-hydrogen) atoms. The van der Waals surface area contributed by atoms with Crippen molar-refractivity contribution in [2.45, 2.75) is 31.7 Å². The van der Waals surface area contributed by atoms with Crippen LogP contribution in [-0.2, 0) is 23.0 Å². The number of hydrogen-bond donors (Lipinski definition) is 3. The summed E-state index contributed by atoms with van der Waals surface area (Å²) in [6.45, 7) is 5.46. The van der Waals surface area contributed by atoms with Crippen LogP contribution in [0.3, 0.4) is 0 Å². The molecule has 0 aliphatic carbocycles. The number of sulfonamides is 1. The van der Waals surface area contributed by atoms with E-state index in [1.165, 1.54) is 17.7 Å². The first-order valence-electron chi connectivity index (χ1n) is 6.66. The van der Waals surface area contributed by atoms with Gasteiger partial charge in [0.1, 0.15) is 17.0 Å². The van der Waals surface area contributed by atoms with Gasteiger partial charge in [-0.3, -0.25) is 5.10 Å². The van der Waals surface area contributed by atoms with E-state index >= 15 is 0 Å². The van der Waals surface area contributed by atoms with Gasteiger partial charge in [0.25, 0.3) is 0 Å². The van der Waals surface area contributed by atoms with Crippen molar-refractivity contribution >= 4 is 21.4 Å². The molecule has 9 heteroatoms. The summed E-state index contributed by atoms with van der Waals surface area (Å²) in [4.78, 5) is 5.19. The lowest BCUT2D eigenvalue weighted by atomic mass is 10.3. The number of nitrogens with one attached hydrogen (secondary N) is 3. The van der Waals surface area contributed by atoms with E-state index in [0.29, 0.717) is 23.7 Å². The van der Waals surface area contributed by atoms with Crippen LogP contribution in [0.5, 0.6) is 0 Å². The number of thiophene rings is 1. The molecule has 0 radical (unpaired) electrons. The van der Waals surface area contributed by atoms with Gasteiger partial charge in [0.15, 0.2) is 0 Å². The third kappa shape index (κ3) is 4.10. The summed E-state index contributed by atoms with van der Waals surface area (Å²) in [5, 5.41) is 11.5. The van der Waals surface area contributed by atoms with E-state index in [-0.39, 0.29) is 6.54 Å². The zero-order valence-electron chi connectivity index (χ0n) is 12.0. The number of aromatic nitrogens is 3. The van der Waals surface area contributed by atoms with Crippen molar-refractivity contribution in [3.05, 3.63) is 28.0 Å². The van der Waals surface area contributed by atoms with Gasteiger partial charge < -0.3 is 5.32 Å². The minimum absolute atomic E-state index is 0.285. The minimum Gasteiger partial charge on any atom is -0.312 e. The molecule has 0 unspecified atom stereocenters. The predicted molar refractivity (Wildman–Crippen MR) is 81.7 cm³/mol. The first-order chi connectivity index (χ1) is 10.0. The van der Waals surface area contributed by atoms with Gasteiger partial charge in [-0.05, 0) is 24.4 Å². The Balaban J connectivity index is 2.06. The van der Waals surface area contributed by atoms with Gasteiger partial charge in [-0.2, -0.15) is 5.10 Å². The zero-order chi connectivity index (χ0) is 15.3. The summed E-state index contributed by atoms with van der Waals surface area (Å²) in [6, 6.07) is 0. The second-order valence-corrected chi connectivity index (χ2v) is 7.20. The highest BCUT2D eigenvalue weighted by Gasteiger charge is 2.22. The Morgan fingerprint density at radius 1 is 1.43 bits per heavy atom. The summed E-state index contributed by atoms with van der Waals surface area (Å²) in [5.74, 6) is 0.660. The summed E-state index contributed by atoms with van der Waals surface area (Å²) in [7, 11) is -3.50. The van der Waals surface area contributed by atoms with Crippen LogP contribution in [0.15, 0.2) is 16.6 Å². The first-order valence-corrected chi connectivity index (χ1v) is 9.02. The molecule has 2 aromatic heterocycles. The highest BCUT2D eigenvalue weighted by atomic mass is 32.2. The lowest BCUT2D eigenvalue weighted by molar-refractivity contribution is 0.578. The second-order valence-electron chi connectivity index (χ2n) is 4.53. The molecule has 0 atom stereocenters. The molecule has 0 bridgehead atoms. The topological polar surface area (TPSA) is 99.8 Å². The lowest BCUT2D eigenvalue weighted by Crippen LogP contribution is -2.27. The van der Waals surface area contributed by atoms with E-state index in [1.54, 1.807) is 0 Å². The molecule has 0 saturated heterocycles. The normalized spacial score (nSPS) is 11.9. The first kappa shape index (κ1) is 16.1. The number of H-pyrrole nitrogens is 1. The monoisotopic (exact) mass is 329 g/mol. The van der Waals surface area contributed by atoms with Crippen LogP contribution >= 0.6 is 11.3 Å². The molecule has 0 aliphatic rings. The van der Waals surface area contributed by atoms with Crippen molar-refractivity contribution in [2.24, 2.45) is 0 Å². The highest BCUT2D eigenvalue weighted by Crippen LogP contribution is 2.26. The molecular weight excluding hydrogens is 310 g/mol. The predicted octanol–water partition coefficient (Wildman–Crippen LogP) is 0.805. The van der Waals surface area contributed by atoms with E-state index in [1.807, 2.05) is 19.2 Å². The van der Waals surface area contributed by atoms with E-state index in [0.717, 1.165) is 17.0 Å². The highest BCUT2D eigenvalue weighted by molar-refractivity contribution is 7.89. The molecule has 2 aromatic rings. The van der Waals surface area contributed by atoms with Gasteiger partial charge >= 0.3 is 0 Å². The van der Waals surface area contributed by atoms with Crippen molar-refractivity contribution in [1.29, 1.82) is 0 Å². The SMILES string of the molecule is CCNCc1scc(C)c1S(=O)(=O)NCCc1ncn[nH]1. The zero-order valence-corrected chi connectivity index (χ0v) is 13.6. The Hall–Kier alpha value is -1.29. The van der Waals surface area contributed by atoms with Gasteiger partial charge in [0.2, 0.25) is 10.0 Å². The van der Waals surface area contributed by atoms with Crippen LogP contribution in [0.4, 0.5) is 0 Å². The summed E-state index contributed by atoms with van der Waals surface area (Å²) >= 11 is 1.46. The van der Waals surface area contributed by atoms with Crippen LogP contribution in [0, 0.1) is 6.92 Å². The second kappa shape index (κ2) is 7.12. The fourth-order valence-electron chi connectivity index (χ4n) is 1.94. The minimum atomic E-state index is -3.50. The molecule has 0 aromatic carbocycles. The number of nitrogens with zero attached hydrogens (tertiary/aromatic N) is 2. The lowest BCUT2D eigenvalue weighted by Gasteiger charge is -2.09. The van der Waals surface area contributed by atoms with Gasteiger partial charge in [-0.15, -0.1) is 11.3 Å². The number of aryl methyl sites for hydroxylation is 1. The summed E-state index contributed by atoms with van der Waals surface area (Å²) < 4.78 is 27.5. The van der Waals surface area contributed by atoms with Crippen LogP contribution in [0.25, 0.3) is 0 Å². The molecule has 7 nitrogen and oxygen atoms in total. The van der Waals surface area contributed by atoms with Crippen molar-refractivity contribution in [1.82, 2.24) is 25.2 Å². The fourth-order valence-corrected chi connectivity index (χ4v) is 4.74. The molecule has 0 spiro atoms. The van der Waals surface area contributed by atoms with Crippen molar-refractivity contribution in [2.75, 3.05) is 13.1 Å². The maximum Gasteiger partial charge on any atom is 0.241 e.